The van der Waals surface area contributed by atoms with Gasteiger partial charge in [-0.05, 0) is 24.3 Å². The molecule has 0 aliphatic heterocycles. The molecule has 1 aromatic heterocycles. The molecule has 1 heterocycles. The molecule has 0 amide bonds. The number of methoxy groups -OCH3 is 1. The molecule has 0 fully saturated rings. The van der Waals surface area contributed by atoms with Gasteiger partial charge in [0, 0.05) is 22.7 Å². The van der Waals surface area contributed by atoms with Crippen LogP contribution in [-0.2, 0) is 0 Å². The van der Waals surface area contributed by atoms with Gasteiger partial charge in [0.05, 0.1) is 7.11 Å². The van der Waals surface area contributed by atoms with Crippen LogP contribution in [0.1, 0.15) is 0 Å². The van der Waals surface area contributed by atoms with Crippen molar-refractivity contribution >= 4 is 22.3 Å². The zero-order valence-corrected chi connectivity index (χ0v) is 11.0. The number of fused-ring (bicyclic) bond motifs is 1. The molecule has 100 valence electrons. The van der Waals surface area contributed by atoms with E-state index in [1.165, 1.54) is 0 Å². The molecule has 0 saturated carbocycles. The number of rotatable bonds is 3. The van der Waals surface area contributed by atoms with E-state index in [4.69, 9.17) is 4.74 Å². The van der Waals surface area contributed by atoms with Crippen LogP contribution in [0.3, 0.4) is 0 Å². The van der Waals surface area contributed by atoms with Gasteiger partial charge < -0.3 is 15.0 Å². The molecule has 0 spiro atoms. The number of hydrogen-bond donors (Lipinski definition) is 2. The van der Waals surface area contributed by atoms with Gasteiger partial charge in [-0.25, -0.2) is 0 Å². The summed E-state index contributed by atoms with van der Waals surface area (Å²) in [5.41, 5.74) is 2.00. The Morgan fingerprint density at radius 1 is 1.05 bits per heavy atom. The number of aromatic nitrogens is 1. The Labute approximate surface area is 116 Å². The Kier molecular flexibility index (Phi) is 3.13. The molecular weight excluding hydrogens is 252 g/mol. The molecule has 3 aromatic rings. The van der Waals surface area contributed by atoms with E-state index in [9.17, 15) is 4.79 Å². The average molecular weight is 266 g/mol. The standard InChI is InChI=1S/C16H14N2O2/c1-20-13-7-4-6-12(10-13)17-15-9-11-5-2-3-8-14(11)18-16(15)19/h2-10,17H,1H3,(H,18,19). The summed E-state index contributed by atoms with van der Waals surface area (Å²) in [4.78, 5) is 14.9. The highest BCUT2D eigenvalue weighted by molar-refractivity contribution is 5.82. The Balaban J connectivity index is 2.01. The van der Waals surface area contributed by atoms with Crippen LogP contribution in [0.5, 0.6) is 5.75 Å². The molecule has 0 aliphatic rings. The minimum atomic E-state index is -0.147. The third-order valence-electron chi connectivity index (χ3n) is 3.10. The molecule has 0 saturated heterocycles. The smallest absolute Gasteiger partial charge is 0.272 e. The predicted octanol–water partition coefficient (Wildman–Crippen LogP) is 3.28. The van der Waals surface area contributed by atoms with Crippen LogP contribution < -0.4 is 15.6 Å². The van der Waals surface area contributed by atoms with Crippen molar-refractivity contribution in [2.45, 2.75) is 0 Å². The number of benzene rings is 2. The summed E-state index contributed by atoms with van der Waals surface area (Å²) >= 11 is 0. The first kappa shape index (κ1) is 12.3. The van der Waals surface area contributed by atoms with Crippen LogP contribution in [0, 0.1) is 0 Å². The Morgan fingerprint density at radius 2 is 1.90 bits per heavy atom. The van der Waals surface area contributed by atoms with Gasteiger partial charge in [-0.3, -0.25) is 4.79 Å². The van der Waals surface area contributed by atoms with Crippen molar-refractivity contribution in [3.63, 3.8) is 0 Å². The molecule has 4 heteroatoms. The van der Waals surface area contributed by atoms with Gasteiger partial charge in [0.25, 0.3) is 5.56 Å². The minimum Gasteiger partial charge on any atom is -0.497 e. The lowest BCUT2D eigenvalue weighted by Gasteiger charge is -2.08. The molecule has 0 atom stereocenters. The van der Waals surface area contributed by atoms with Gasteiger partial charge in [0.1, 0.15) is 11.4 Å². The Morgan fingerprint density at radius 3 is 2.75 bits per heavy atom. The number of nitrogens with one attached hydrogen (secondary N) is 2. The second kappa shape index (κ2) is 5.09. The molecule has 2 aromatic carbocycles. The second-order valence-corrected chi connectivity index (χ2v) is 4.46. The Hall–Kier alpha value is -2.75. The van der Waals surface area contributed by atoms with Crippen molar-refractivity contribution in [3.8, 4) is 5.75 Å². The fraction of sp³-hybridized carbons (Fsp3) is 0.0625. The summed E-state index contributed by atoms with van der Waals surface area (Å²) in [6.45, 7) is 0. The van der Waals surface area contributed by atoms with Gasteiger partial charge in [0.15, 0.2) is 0 Å². The fourth-order valence-electron chi connectivity index (χ4n) is 2.10. The fourth-order valence-corrected chi connectivity index (χ4v) is 2.10. The zero-order valence-electron chi connectivity index (χ0n) is 11.0. The monoisotopic (exact) mass is 266 g/mol. The van der Waals surface area contributed by atoms with Crippen molar-refractivity contribution < 1.29 is 4.74 Å². The van der Waals surface area contributed by atoms with Crippen molar-refractivity contribution in [1.29, 1.82) is 0 Å². The van der Waals surface area contributed by atoms with Crippen molar-refractivity contribution in [2.24, 2.45) is 0 Å². The largest absolute Gasteiger partial charge is 0.497 e. The van der Waals surface area contributed by atoms with Crippen molar-refractivity contribution in [2.75, 3.05) is 12.4 Å². The first-order chi connectivity index (χ1) is 9.76. The zero-order chi connectivity index (χ0) is 13.9. The quantitative estimate of drug-likeness (QED) is 0.765. The van der Waals surface area contributed by atoms with Gasteiger partial charge in [-0.1, -0.05) is 24.3 Å². The molecule has 2 N–H and O–H groups in total. The molecule has 0 bridgehead atoms. The number of ether oxygens (including phenoxy) is 1. The van der Waals surface area contributed by atoms with Crippen molar-refractivity contribution in [1.82, 2.24) is 4.98 Å². The summed E-state index contributed by atoms with van der Waals surface area (Å²) in [7, 11) is 1.61. The molecule has 0 aliphatic carbocycles. The van der Waals surface area contributed by atoms with Gasteiger partial charge in [0.2, 0.25) is 0 Å². The molecule has 0 radical (unpaired) electrons. The SMILES string of the molecule is COc1cccc(Nc2cc3ccccc3[nH]c2=O)c1. The number of H-pyrrole nitrogens is 1. The highest BCUT2D eigenvalue weighted by Gasteiger charge is 2.03. The highest BCUT2D eigenvalue weighted by atomic mass is 16.5. The van der Waals surface area contributed by atoms with Gasteiger partial charge in [-0.2, -0.15) is 0 Å². The molecule has 0 unspecified atom stereocenters. The van der Waals surface area contributed by atoms with E-state index >= 15 is 0 Å². The van der Waals surface area contributed by atoms with E-state index in [0.717, 1.165) is 22.3 Å². The van der Waals surface area contributed by atoms with Crippen LogP contribution in [0.15, 0.2) is 59.4 Å². The normalized spacial score (nSPS) is 10.4. The number of para-hydroxylation sites is 1. The van der Waals surface area contributed by atoms with E-state index in [2.05, 4.69) is 10.3 Å². The summed E-state index contributed by atoms with van der Waals surface area (Å²) in [6.07, 6.45) is 0. The lowest BCUT2D eigenvalue weighted by molar-refractivity contribution is 0.415. The summed E-state index contributed by atoms with van der Waals surface area (Å²) in [6, 6.07) is 17.0. The third kappa shape index (κ3) is 2.36. The minimum absolute atomic E-state index is 0.147. The van der Waals surface area contributed by atoms with Crippen LogP contribution in [-0.4, -0.2) is 12.1 Å². The van der Waals surface area contributed by atoms with Crippen LogP contribution >= 0.6 is 0 Å². The van der Waals surface area contributed by atoms with Crippen LogP contribution in [0.2, 0.25) is 0 Å². The third-order valence-corrected chi connectivity index (χ3v) is 3.10. The average Bonchev–Trinajstić information content (AvgIpc) is 2.48. The van der Waals surface area contributed by atoms with Gasteiger partial charge >= 0.3 is 0 Å². The van der Waals surface area contributed by atoms with E-state index in [-0.39, 0.29) is 5.56 Å². The maximum atomic E-state index is 12.0. The number of anilines is 2. The summed E-state index contributed by atoms with van der Waals surface area (Å²) in [5, 5.41) is 4.10. The topological polar surface area (TPSA) is 54.1 Å². The molecule has 4 nitrogen and oxygen atoms in total. The molecule has 20 heavy (non-hydrogen) atoms. The van der Waals surface area contributed by atoms with Crippen LogP contribution in [0.4, 0.5) is 11.4 Å². The summed E-state index contributed by atoms with van der Waals surface area (Å²) < 4.78 is 5.17. The van der Waals surface area contributed by atoms with Crippen LogP contribution in [0.25, 0.3) is 10.9 Å². The number of aromatic amines is 1. The first-order valence-electron chi connectivity index (χ1n) is 6.29. The Bertz CT molecular complexity index is 809. The van der Waals surface area contributed by atoms with E-state index < -0.39 is 0 Å². The lowest BCUT2D eigenvalue weighted by Crippen LogP contribution is -2.11. The second-order valence-electron chi connectivity index (χ2n) is 4.46. The maximum absolute atomic E-state index is 12.0. The van der Waals surface area contributed by atoms with E-state index in [0.29, 0.717) is 5.69 Å². The maximum Gasteiger partial charge on any atom is 0.272 e. The number of pyridine rings is 1. The molecular formula is C16H14N2O2. The van der Waals surface area contributed by atoms with E-state index in [1.54, 1.807) is 7.11 Å². The summed E-state index contributed by atoms with van der Waals surface area (Å²) in [5.74, 6) is 0.743. The van der Waals surface area contributed by atoms with E-state index in [1.807, 2.05) is 54.6 Å². The molecule has 3 rings (SSSR count). The van der Waals surface area contributed by atoms with Gasteiger partial charge in [-0.15, -0.1) is 0 Å². The van der Waals surface area contributed by atoms with Crippen molar-refractivity contribution in [3.05, 3.63) is 65.0 Å². The lowest BCUT2D eigenvalue weighted by atomic mass is 10.2. The predicted molar refractivity (Wildman–Crippen MR) is 80.8 cm³/mol. The highest BCUT2D eigenvalue weighted by Crippen LogP contribution is 2.21. The number of hydrogen-bond acceptors (Lipinski definition) is 3. The first-order valence-corrected chi connectivity index (χ1v) is 6.29.